The van der Waals surface area contributed by atoms with Crippen LogP contribution in [-0.4, -0.2) is 14.2 Å². The molecule has 0 amide bonds. The van der Waals surface area contributed by atoms with Gasteiger partial charge in [0.05, 0.1) is 9.79 Å². The van der Waals surface area contributed by atoms with Crippen LogP contribution in [-0.2, 0) is 41.9 Å². The fraction of sp³-hybridized carbons (Fsp3) is 0.256. The molecule has 0 saturated carbocycles. The minimum atomic E-state index is -3.37. The summed E-state index contributed by atoms with van der Waals surface area (Å²) in [6, 6.07) is 89.0. The average molecular weight is 1270 g/mol. The SMILES string of the molecule is CCc1ccc(C)cc1.CCc1ccc(CC)cc1.CCc1cccc(C)c1.CCc1ccccc1C.Cc1ccc(C(=O)c2ccc(C)cc2)cc1.Cc1ccc(C)cc1.Cc1ccc(S(=O)(=O)c2ccc(C)cc2)cc1.Cc1cccc(C)c1.Cc1ccccc1C. The Balaban J connectivity index is 0.000000280. The second-order valence-electron chi connectivity index (χ2n) is 24.1. The first-order valence-electron chi connectivity index (χ1n) is 33.3. The van der Waals surface area contributed by atoms with Gasteiger partial charge >= 0.3 is 0 Å². The molecule has 0 radical (unpaired) electrons. The predicted molar refractivity (Wildman–Crippen MR) is 408 cm³/mol. The smallest absolute Gasteiger partial charge is 0.206 e. The molecule has 0 aliphatic rings. The van der Waals surface area contributed by atoms with Crippen LogP contribution < -0.4 is 0 Å². The first-order chi connectivity index (χ1) is 44.9. The Bertz CT molecular complexity index is 3790. The molecule has 11 aromatic rings. The molecule has 94 heavy (non-hydrogen) atoms. The highest BCUT2D eigenvalue weighted by molar-refractivity contribution is 7.91. The number of aryl methyl sites for hydroxylation is 18. The monoisotopic (exact) mass is 1270 g/mol. The third-order valence-electron chi connectivity index (χ3n) is 15.6. The van der Waals surface area contributed by atoms with E-state index >= 15 is 0 Å². The van der Waals surface area contributed by atoms with Gasteiger partial charge < -0.3 is 0 Å². The summed E-state index contributed by atoms with van der Waals surface area (Å²) in [6.45, 7) is 37.8. The van der Waals surface area contributed by atoms with Crippen molar-refractivity contribution in [3.8, 4) is 0 Å². The van der Waals surface area contributed by atoms with Crippen molar-refractivity contribution in [2.45, 2.75) is 167 Å². The molecule has 4 heteroatoms. The lowest BCUT2D eigenvalue weighted by Crippen LogP contribution is -2.01. The molecular weight excluding hydrogens is 1160 g/mol. The fourth-order valence-corrected chi connectivity index (χ4v) is 10.3. The number of rotatable bonds is 9. The number of sulfone groups is 1. The number of benzene rings is 11. The Hall–Kier alpha value is -8.96. The number of hydrogen-bond donors (Lipinski definition) is 0. The highest BCUT2D eigenvalue weighted by Crippen LogP contribution is 2.22. The molecule has 11 rings (SSSR count). The molecule has 0 heterocycles. The van der Waals surface area contributed by atoms with Crippen molar-refractivity contribution in [1.82, 2.24) is 0 Å². The number of carbonyl (C=O) groups excluding carboxylic acids is 1. The van der Waals surface area contributed by atoms with E-state index in [0.29, 0.717) is 9.79 Å². The second-order valence-corrected chi connectivity index (χ2v) is 26.0. The van der Waals surface area contributed by atoms with Crippen LogP contribution in [0.25, 0.3) is 0 Å². The first-order valence-corrected chi connectivity index (χ1v) is 34.8. The van der Waals surface area contributed by atoms with Crippen molar-refractivity contribution in [2.24, 2.45) is 0 Å². The van der Waals surface area contributed by atoms with E-state index in [0.717, 1.165) is 54.4 Å². The molecule has 0 unspecified atom stereocenters. The maximum Gasteiger partial charge on any atom is 0.206 e. The average Bonchev–Trinajstić information content (AvgIpc) is 0.819. The van der Waals surface area contributed by atoms with Crippen LogP contribution in [0.15, 0.2) is 277 Å². The summed E-state index contributed by atoms with van der Waals surface area (Å²) < 4.78 is 24.5. The fourth-order valence-electron chi connectivity index (χ4n) is 9.03. The van der Waals surface area contributed by atoms with Gasteiger partial charge in [-0.1, -0.05) is 333 Å². The van der Waals surface area contributed by atoms with E-state index in [2.05, 4.69) is 267 Å². The summed E-state index contributed by atoms with van der Waals surface area (Å²) in [6.07, 6.45) is 5.71. The molecule has 3 nitrogen and oxygen atoms in total. The number of hydrogen-bond acceptors (Lipinski definition) is 3. The minimum absolute atomic E-state index is 0.0833. The van der Waals surface area contributed by atoms with Crippen molar-refractivity contribution < 1.29 is 13.2 Å². The number of ketones is 1. The lowest BCUT2D eigenvalue weighted by molar-refractivity contribution is 0.103. The first kappa shape index (κ1) is 79.3. The van der Waals surface area contributed by atoms with Crippen LogP contribution in [0.4, 0.5) is 0 Å². The molecule has 0 aromatic heterocycles. The molecule has 0 bridgehead atoms. The van der Waals surface area contributed by atoms with Crippen molar-refractivity contribution in [3.05, 3.63) is 378 Å². The van der Waals surface area contributed by atoms with Crippen LogP contribution in [0.2, 0.25) is 0 Å². The lowest BCUT2D eigenvalue weighted by Gasteiger charge is -2.05. The largest absolute Gasteiger partial charge is 0.289 e. The zero-order chi connectivity index (χ0) is 69.4. The van der Waals surface area contributed by atoms with Gasteiger partial charge in [-0.2, -0.15) is 0 Å². The van der Waals surface area contributed by atoms with Gasteiger partial charge in [-0.15, -0.1) is 0 Å². The van der Waals surface area contributed by atoms with Gasteiger partial charge in [0.2, 0.25) is 9.84 Å². The molecule has 0 atom stereocenters. The summed E-state index contributed by atoms with van der Waals surface area (Å²) in [4.78, 5) is 12.7. The third kappa shape index (κ3) is 31.6. The lowest BCUT2D eigenvalue weighted by atomic mass is 10.0. The maximum atomic E-state index is 12.3. The topological polar surface area (TPSA) is 51.2 Å². The minimum Gasteiger partial charge on any atom is -0.289 e. The Morgan fingerprint density at radius 3 is 0.766 bits per heavy atom. The van der Waals surface area contributed by atoms with Gasteiger partial charge in [-0.05, 0) is 191 Å². The van der Waals surface area contributed by atoms with Gasteiger partial charge in [-0.3, -0.25) is 4.79 Å². The summed E-state index contributed by atoms with van der Waals surface area (Å²) in [7, 11) is -3.37. The van der Waals surface area contributed by atoms with E-state index in [1.54, 1.807) is 48.5 Å². The summed E-state index contributed by atoms with van der Waals surface area (Å²) in [5.41, 5.74) is 25.2. The Morgan fingerprint density at radius 1 is 0.245 bits per heavy atom. The van der Waals surface area contributed by atoms with E-state index in [-0.39, 0.29) is 5.78 Å². The second kappa shape index (κ2) is 43.8. The van der Waals surface area contributed by atoms with Gasteiger partial charge in [0, 0.05) is 11.1 Å². The summed E-state index contributed by atoms with van der Waals surface area (Å²) in [5, 5.41) is 0. The Labute approximate surface area is 570 Å². The van der Waals surface area contributed by atoms with Gasteiger partial charge in [0.1, 0.15) is 0 Å². The van der Waals surface area contributed by atoms with Crippen molar-refractivity contribution in [1.29, 1.82) is 0 Å². The Morgan fingerprint density at radius 2 is 0.511 bits per heavy atom. The molecular formula is C90H108O3S. The molecule has 0 aliphatic heterocycles. The van der Waals surface area contributed by atoms with Crippen molar-refractivity contribution >= 4 is 15.6 Å². The van der Waals surface area contributed by atoms with Crippen LogP contribution >= 0.6 is 0 Å². The van der Waals surface area contributed by atoms with Crippen LogP contribution in [0, 0.1) is 90.0 Å². The highest BCUT2D eigenvalue weighted by atomic mass is 32.2. The van der Waals surface area contributed by atoms with E-state index in [1.807, 2.05) is 76.2 Å². The Kier molecular flexibility index (Phi) is 36.9. The molecule has 0 N–H and O–H groups in total. The van der Waals surface area contributed by atoms with E-state index in [4.69, 9.17) is 0 Å². The van der Waals surface area contributed by atoms with Crippen molar-refractivity contribution in [3.63, 3.8) is 0 Å². The molecule has 0 aliphatic carbocycles. The quantitative estimate of drug-likeness (QED) is 0.135. The zero-order valence-corrected chi connectivity index (χ0v) is 60.9. The van der Waals surface area contributed by atoms with E-state index < -0.39 is 9.84 Å². The highest BCUT2D eigenvalue weighted by Gasteiger charge is 2.16. The summed E-state index contributed by atoms with van der Waals surface area (Å²) >= 11 is 0. The van der Waals surface area contributed by atoms with Crippen molar-refractivity contribution in [2.75, 3.05) is 0 Å². The van der Waals surface area contributed by atoms with E-state index in [1.165, 1.54) is 89.0 Å². The normalized spacial score (nSPS) is 9.94. The maximum absolute atomic E-state index is 12.3. The third-order valence-corrected chi connectivity index (χ3v) is 17.4. The zero-order valence-electron chi connectivity index (χ0n) is 60.1. The molecule has 492 valence electrons. The molecule has 0 fully saturated rings. The molecule has 0 spiro atoms. The van der Waals surface area contributed by atoms with Gasteiger partial charge in [0.25, 0.3) is 0 Å². The van der Waals surface area contributed by atoms with Crippen LogP contribution in [0.5, 0.6) is 0 Å². The van der Waals surface area contributed by atoms with Gasteiger partial charge in [-0.25, -0.2) is 8.42 Å². The van der Waals surface area contributed by atoms with Gasteiger partial charge in [0.15, 0.2) is 5.78 Å². The van der Waals surface area contributed by atoms with Crippen LogP contribution in [0.1, 0.15) is 151 Å². The molecule has 11 aromatic carbocycles. The summed E-state index contributed by atoms with van der Waals surface area (Å²) in [5.74, 6) is 0.0833. The van der Waals surface area contributed by atoms with E-state index in [9.17, 15) is 13.2 Å². The van der Waals surface area contributed by atoms with Crippen LogP contribution in [0.3, 0.4) is 0 Å². The predicted octanol–water partition coefficient (Wildman–Crippen LogP) is 24.1. The standard InChI is InChI=1S/C15H14O.C14H14O2S.C10H14.3C9H12.3C8H10/c1-11-3-7-13(8-4-11)15(16)14-9-5-12(2)6-10-14;1-11-3-7-13(8-4-11)17(15,16)14-9-5-12(2)6-10-14;1-3-9-5-7-10(4-2)8-6-9;1-3-9-6-4-8(2)5-7-9;1-3-9-6-4-5-8(2)7-9;1-3-9-7-5-4-6-8(9)2;1-7-3-5-8(2)6-4-7;1-7-4-3-5-8(2)6-7;1-7-5-3-4-6-8(7)2/h3-10H,1-2H3;3-10H,1-2H3;5-8H,3-4H2,1-2H3;3*4-7H,3H2,1-2H3;3*3-6H,1-2H3. The molecule has 0 saturated heterocycles. The number of carbonyl (C=O) groups is 1.